The van der Waals surface area contributed by atoms with E-state index >= 15 is 0 Å². The molecule has 0 radical (unpaired) electrons. The van der Waals surface area contributed by atoms with E-state index < -0.39 is 12.0 Å². The summed E-state index contributed by atoms with van der Waals surface area (Å²) >= 11 is 0. The van der Waals surface area contributed by atoms with Gasteiger partial charge in [-0.2, -0.15) is 13.2 Å². The maximum atomic E-state index is 12.8. The third-order valence-electron chi connectivity index (χ3n) is 4.23. The van der Waals surface area contributed by atoms with Crippen LogP contribution in [0.15, 0.2) is 41.1 Å². The molecule has 1 N–H and O–H groups in total. The Morgan fingerprint density at radius 1 is 1.31 bits per heavy atom. The van der Waals surface area contributed by atoms with E-state index in [2.05, 4.69) is 33.3 Å². The molecule has 5 nitrogen and oxygen atoms in total. The van der Waals surface area contributed by atoms with Crippen molar-refractivity contribution >= 4 is 11.5 Å². The van der Waals surface area contributed by atoms with Crippen molar-refractivity contribution in [1.29, 1.82) is 0 Å². The number of nitrogens with one attached hydrogen (secondary N) is 1. The van der Waals surface area contributed by atoms with Gasteiger partial charge in [-0.1, -0.05) is 19.1 Å². The van der Waals surface area contributed by atoms with Crippen molar-refractivity contribution in [1.82, 2.24) is 15.3 Å². The van der Waals surface area contributed by atoms with E-state index in [1.807, 2.05) is 12.2 Å². The summed E-state index contributed by atoms with van der Waals surface area (Å²) in [5.74, 6) is -0.848. The van der Waals surface area contributed by atoms with Gasteiger partial charge in [0.05, 0.1) is 12.7 Å². The van der Waals surface area contributed by atoms with E-state index in [0.717, 1.165) is 31.3 Å². The summed E-state index contributed by atoms with van der Waals surface area (Å²) in [5, 5.41) is 3.30. The number of allylic oxidation sites excluding steroid dienone is 2. The fourth-order valence-electron chi connectivity index (χ4n) is 2.90. The molecule has 2 heterocycles. The van der Waals surface area contributed by atoms with Gasteiger partial charge in [0.1, 0.15) is 0 Å². The van der Waals surface area contributed by atoms with E-state index in [9.17, 15) is 13.2 Å². The molecular weight excluding hydrogens is 345 g/mol. The van der Waals surface area contributed by atoms with Crippen LogP contribution < -0.4 is 5.32 Å². The average Bonchev–Trinajstić information content (AvgIpc) is 2.60. The number of alkyl halides is 3. The summed E-state index contributed by atoms with van der Waals surface area (Å²) in [7, 11) is 0. The van der Waals surface area contributed by atoms with E-state index in [1.54, 1.807) is 0 Å². The number of morpholine rings is 1. The standard InChI is InChI=1S/C18H21F3N4O/c1-12-2-3-13(15-11-22-8-9-26-15)4-5-14(10-12)24-16-6-7-23-17(25-16)18(19,20)21/h3-7,12,15,22H,2,8-11H2,1H3/b5-4-,13-3?,24-14?. The smallest absolute Gasteiger partial charge is 0.371 e. The van der Waals surface area contributed by atoms with E-state index in [4.69, 9.17) is 4.74 Å². The zero-order valence-corrected chi connectivity index (χ0v) is 14.5. The molecule has 2 unspecified atom stereocenters. The Morgan fingerprint density at radius 2 is 2.15 bits per heavy atom. The lowest BCUT2D eigenvalue weighted by molar-refractivity contribution is -0.144. The molecule has 2 aliphatic rings. The van der Waals surface area contributed by atoms with Crippen LogP contribution in [0, 0.1) is 5.92 Å². The van der Waals surface area contributed by atoms with Crippen LogP contribution in [-0.4, -0.2) is 41.5 Å². The number of ether oxygens (including phenoxy) is 1. The summed E-state index contributed by atoms with van der Waals surface area (Å²) in [6.45, 7) is 4.33. The Labute approximate surface area is 150 Å². The highest BCUT2D eigenvalue weighted by atomic mass is 19.4. The van der Waals surface area contributed by atoms with Crippen molar-refractivity contribution in [3.8, 4) is 0 Å². The molecule has 1 fully saturated rings. The molecule has 1 aliphatic carbocycles. The third kappa shape index (κ3) is 4.98. The van der Waals surface area contributed by atoms with Gasteiger partial charge >= 0.3 is 6.18 Å². The highest BCUT2D eigenvalue weighted by Gasteiger charge is 2.34. The van der Waals surface area contributed by atoms with Crippen LogP contribution in [0.2, 0.25) is 0 Å². The summed E-state index contributed by atoms with van der Waals surface area (Å²) in [4.78, 5) is 11.1. The maximum Gasteiger partial charge on any atom is 0.451 e. The van der Waals surface area contributed by atoms with Gasteiger partial charge in [-0.05, 0) is 30.4 Å². The molecule has 0 bridgehead atoms. The van der Waals surface area contributed by atoms with Crippen molar-refractivity contribution < 1.29 is 17.9 Å². The van der Waals surface area contributed by atoms with Crippen molar-refractivity contribution in [2.45, 2.75) is 32.0 Å². The molecule has 140 valence electrons. The lowest BCUT2D eigenvalue weighted by atomic mass is 9.94. The van der Waals surface area contributed by atoms with Crippen LogP contribution in [0.5, 0.6) is 0 Å². The number of hydrogen-bond acceptors (Lipinski definition) is 5. The second-order valence-corrected chi connectivity index (χ2v) is 6.49. The maximum absolute atomic E-state index is 12.8. The first-order chi connectivity index (χ1) is 12.4. The number of aliphatic imine (C=N–C) groups is 1. The van der Waals surface area contributed by atoms with E-state index in [0.29, 0.717) is 24.7 Å². The van der Waals surface area contributed by atoms with Gasteiger partial charge < -0.3 is 10.1 Å². The van der Waals surface area contributed by atoms with E-state index in [-0.39, 0.29) is 11.9 Å². The second-order valence-electron chi connectivity index (χ2n) is 6.49. The molecule has 0 amide bonds. The Hall–Kier alpha value is -2.06. The second kappa shape index (κ2) is 8.09. The van der Waals surface area contributed by atoms with Crippen molar-refractivity contribution in [2.75, 3.05) is 19.7 Å². The SMILES string of the molecule is CC1CC=C(C2CNCCO2)/C=C\C(=Nc2ccnc(C(F)(F)F)n2)C1. The molecule has 0 saturated carbocycles. The Kier molecular flexibility index (Phi) is 5.83. The van der Waals surface area contributed by atoms with Crippen LogP contribution in [0.1, 0.15) is 25.6 Å². The molecule has 0 aromatic carbocycles. The number of aromatic nitrogens is 2. The van der Waals surface area contributed by atoms with Gasteiger partial charge in [0.15, 0.2) is 5.82 Å². The summed E-state index contributed by atoms with van der Waals surface area (Å²) in [6.07, 6.45) is 3.96. The van der Waals surface area contributed by atoms with Crippen LogP contribution in [-0.2, 0) is 10.9 Å². The predicted octanol–water partition coefficient (Wildman–Crippen LogP) is 3.47. The van der Waals surface area contributed by atoms with Crippen molar-refractivity contribution in [3.05, 3.63) is 41.9 Å². The van der Waals surface area contributed by atoms with Crippen LogP contribution in [0.25, 0.3) is 0 Å². The number of rotatable bonds is 2. The molecule has 2 atom stereocenters. The zero-order chi connectivity index (χ0) is 18.6. The van der Waals surface area contributed by atoms with Gasteiger partial charge in [0.25, 0.3) is 0 Å². The lowest BCUT2D eigenvalue weighted by Gasteiger charge is -2.26. The molecule has 1 aliphatic heterocycles. The topological polar surface area (TPSA) is 59.4 Å². The van der Waals surface area contributed by atoms with Crippen LogP contribution >= 0.6 is 0 Å². The summed E-state index contributed by atoms with van der Waals surface area (Å²) in [6, 6.07) is 1.38. The minimum absolute atomic E-state index is 0.0116. The molecular formula is C18H21F3N4O. The Bertz CT molecular complexity index is 721. The highest BCUT2D eigenvalue weighted by molar-refractivity contribution is 5.97. The first-order valence-corrected chi connectivity index (χ1v) is 8.60. The molecule has 26 heavy (non-hydrogen) atoms. The quantitative estimate of drug-likeness (QED) is 0.871. The van der Waals surface area contributed by atoms with Gasteiger partial charge in [-0.15, -0.1) is 0 Å². The molecule has 1 saturated heterocycles. The summed E-state index contributed by atoms with van der Waals surface area (Å²) in [5.41, 5.74) is 1.76. The normalized spacial score (nSPS) is 27.5. The molecule has 8 heteroatoms. The van der Waals surface area contributed by atoms with Gasteiger partial charge in [0, 0.05) is 31.1 Å². The predicted molar refractivity (Wildman–Crippen MR) is 92.4 cm³/mol. The molecule has 3 rings (SSSR count). The molecule has 1 aromatic heterocycles. The molecule has 1 aromatic rings. The minimum atomic E-state index is -4.58. The van der Waals surface area contributed by atoms with E-state index in [1.165, 1.54) is 6.07 Å². The number of halogens is 3. The average molecular weight is 366 g/mol. The largest absolute Gasteiger partial charge is 0.451 e. The van der Waals surface area contributed by atoms with Crippen molar-refractivity contribution in [3.63, 3.8) is 0 Å². The van der Waals surface area contributed by atoms with Crippen molar-refractivity contribution in [2.24, 2.45) is 10.9 Å². The monoisotopic (exact) mass is 366 g/mol. The molecule has 0 spiro atoms. The fraction of sp³-hybridized carbons (Fsp3) is 0.500. The fourth-order valence-corrected chi connectivity index (χ4v) is 2.90. The van der Waals surface area contributed by atoms with Crippen LogP contribution in [0.4, 0.5) is 19.0 Å². The lowest BCUT2D eigenvalue weighted by Crippen LogP contribution is -2.39. The first-order valence-electron chi connectivity index (χ1n) is 8.60. The minimum Gasteiger partial charge on any atom is -0.371 e. The first kappa shape index (κ1) is 18.7. The Morgan fingerprint density at radius 3 is 2.88 bits per heavy atom. The zero-order valence-electron chi connectivity index (χ0n) is 14.5. The van der Waals surface area contributed by atoms with Gasteiger partial charge in [0.2, 0.25) is 5.82 Å². The highest BCUT2D eigenvalue weighted by Crippen LogP contribution is 2.27. The third-order valence-corrected chi connectivity index (χ3v) is 4.23. The van der Waals surface area contributed by atoms with Gasteiger partial charge in [-0.3, -0.25) is 0 Å². The Balaban J connectivity index is 1.84. The number of hydrogen-bond donors (Lipinski definition) is 1. The number of nitrogens with zero attached hydrogens (tertiary/aromatic N) is 3. The van der Waals surface area contributed by atoms with Crippen LogP contribution in [0.3, 0.4) is 0 Å². The van der Waals surface area contributed by atoms with Gasteiger partial charge in [-0.25, -0.2) is 15.0 Å². The summed E-state index contributed by atoms with van der Waals surface area (Å²) < 4.78 is 44.1.